The third-order valence-corrected chi connectivity index (χ3v) is 5.47. The molecule has 0 aliphatic heterocycles. The van der Waals surface area contributed by atoms with Crippen LogP contribution in [0.15, 0.2) is 53.4 Å². The number of ether oxygens (including phenoxy) is 1. The van der Waals surface area contributed by atoms with Crippen LogP contribution in [-0.4, -0.2) is 46.3 Å². The topological polar surface area (TPSA) is 92.8 Å². The number of likely N-dealkylation sites (N-methyl/N-ethyl adjacent to an activating group) is 1. The normalized spacial score (nSPS) is 12.3. The fourth-order valence-corrected chi connectivity index (χ4v) is 3.19. The molecule has 2 aromatic carbocycles. The van der Waals surface area contributed by atoms with Crippen LogP contribution in [-0.2, 0) is 19.6 Å². The molecule has 1 N–H and O–H groups in total. The van der Waals surface area contributed by atoms with Crippen LogP contribution in [0.25, 0.3) is 0 Å². The first-order valence-electron chi connectivity index (χ1n) is 7.87. The minimum absolute atomic E-state index is 0.0131. The summed E-state index contributed by atoms with van der Waals surface area (Å²) < 4.78 is 31.5. The molecule has 1 amide bonds. The van der Waals surface area contributed by atoms with Gasteiger partial charge in [0.25, 0.3) is 5.91 Å². The van der Waals surface area contributed by atoms with Crippen molar-refractivity contribution in [1.82, 2.24) is 9.62 Å². The molecular formula is C18H19ClN2O5S. The number of sulfonamides is 1. The lowest BCUT2D eigenvalue weighted by Crippen LogP contribution is -2.31. The summed E-state index contributed by atoms with van der Waals surface area (Å²) in [4.78, 5) is 26.3. The number of nitrogens with zero attached hydrogens (tertiary/aromatic N) is 1. The maximum Gasteiger partial charge on any atom is 0.340 e. The smallest absolute Gasteiger partial charge is 0.340 e. The van der Waals surface area contributed by atoms with E-state index in [4.69, 9.17) is 16.3 Å². The van der Waals surface area contributed by atoms with Gasteiger partial charge in [0, 0.05) is 19.7 Å². The molecule has 0 aliphatic rings. The van der Waals surface area contributed by atoms with Crippen molar-refractivity contribution in [1.29, 1.82) is 0 Å². The van der Waals surface area contributed by atoms with Crippen LogP contribution in [0.2, 0.25) is 5.02 Å². The number of benzene rings is 2. The van der Waals surface area contributed by atoms with E-state index in [1.54, 1.807) is 44.4 Å². The minimum Gasteiger partial charge on any atom is -0.444 e. The largest absolute Gasteiger partial charge is 0.444 e. The van der Waals surface area contributed by atoms with Crippen molar-refractivity contribution in [3.05, 3.63) is 64.7 Å². The molecule has 0 spiro atoms. The SMILES string of the molecule is CNS(=O)(=O)c1ccc(Cl)c(C(=O)O[C@H](C(=O)N(C)C)c2ccccc2)c1. The van der Waals surface area contributed by atoms with Gasteiger partial charge in [0.15, 0.2) is 0 Å². The van der Waals surface area contributed by atoms with Crippen LogP contribution in [0.5, 0.6) is 0 Å². The molecule has 1 atom stereocenters. The second-order valence-electron chi connectivity index (χ2n) is 5.78. The van der Waals surface area contributed by atoms with Crippen molar-refractivity contribution in [3.8, 4) is 0 Å². The maximum absolute atomic E-state index is 12.7. The van der Waals surface area contributed by atoms with E-state index >= 15 is 0 Å². The molecule has 0 saturated carbocycles. The van der Waals surface area contributed by atoms with Crippen LogP contribution in [0, 0.1) is 0 Å². The van der Waals surface area contributed by atoms with Crippen molar-refractivity contribution in [2.24, 2.45) is 0 Å². The molecule has 2 aromatic rings. The van der Waals surface area contributed by atoms with Gasteiger partial charge in [0.2, 0.25) is 16.1 Å². The van der Waals surface area contributed by atoms with Crippen molar-refractivity contribution >= 4 is 33.5 Å². The summed E-state index contributed by atoms with van der Waals surface area (Å²) in [6.45, 7) is 0. The number of rotatable bonds is 6. The van der Waals surface area contributed by atoms with Crippen molar-refractivity contribution in [2.45, 2.75) is 11.0 Å². The first-order valence-corrected chi connectivity index (χ1v) is 9.73. The lowest BCUT2D eigenvalue weighted by Gasteiger charge is -2.21. The number of amides is 1. The fraction of sp³-hybridized carbons (Fsp3) is 0.222. The van der Waals surface area contributed by atoms with Crippen LogP contribution in [0.4, 0.5) is 0 Å². The van der Waals surface area contributed by atoms with Gasteiger partial charge in [0.1, 0.15) is 0 Å². The Morgan fingerprint density at radius 1 is 1.11 bits per heavy atom. The highest BCUT2D eigenvalue weighted by molar-refractivity contribution is 7.89. The Morgan fingerprint density at radius 2 is 1.74 bits per heavy atom. The van der Waals surface area contributed by atoms with E-state index in [1.807, 2.05) is 0 Å². The van der Waals surface area contributed by atoms with Gasteiger partial charge in [-0.05, 0) is 25.2 Å². The first-order chi connectivity index (χ1) is 12.7. The molecule has 144 valence electrons. The zero-order valence-corrected chi connectivity index (χ0v) is 16.5. The zero-order valence-electron chi connectivity index (χ0n) is 15.0. The monoisotopic (exact) mass is 410 g/mol. The molecule has 0 unspecified atom stereocenters. The van der Waals surface area contributed by atoms with Gasteiger partial charge in [-0.15, -0.1) is 0 Å². The standard InChI is InChI=1S/C18H19ClN2O5S/c1-20-27(24,25)13-9-10-15(19)14(11-13)18(23)26-16(17(22)21(2)3)12-7-5-4-6-8-12/h4-11,16,20H,1-3H3/t16-/m0/s1. The Morgan fingerprint density at radius 3 is 2.30 bits per heavy atom. The zero-order chi connectivity index (χ0) is 20.2. The molecule has 9 heteroatoms. The Labute approximate surface area is 162 Å². The molecule has 0 aliphatic carbocycles. The molecule has 0 fully saturated rings. The third-order valence-electron chi connectivity index (χ3n) is 3.73. The Bertz CT molecular complexity index is 945. The fourth-order valence-electron chi connectivity index (χ4n) is 2.24. The predicted molar refractivity (Wildman–Crippen MR) is 101 cm³/mol. The number of esters is 1. The molecule has 0 bridgehead atoms. The first kappa shape index (κ1) is 20.9. The Balaban J connectivity index is 2.41. The van der Waals surface area contributed by atoms with Crippen LogP contribution in [0.3, 0.4) is 0 Å². The number of halogens is 1. The van der Waals surface area contributed by atoms with E-state index < -0.39 is 28.0 Å². The summed E-state index contributed by atoms with van der Waals surface area (Å²) in [5.74, 6) is -1.35. The van der Waals surface area contributed by atoms with Gasteiger partial charge in [0.05, 0.1) is 15.5 Å². The van der Waals surface area contributed by atoms with E-state index in [2.05, 4.69) is 4.72 Å². The molecule has 0 radical (unpaired) electrons. The van der Waals surface area contributed by atoms with Crippen LogP contribution < -0.4 is 4.72 Å². The average molecular weight is 411 g/mol. The van der Waals surface area contributed by atoms with Gasteiger partial charge in [-0.25, -0.2) is 17.9 Å². The van der Waals surface area contributed by atoms with E-state index in [9.17, 15) is 18.0 Å². The Hall–Kier alpha value is -2.42. The molecular weight excluding hydrogens is 392 g/mol. The molecule has 27 heavy (non-hydrogen) atoms. The molecule has 0 aromatic heterocycles. The number of hydrogen-bond acceptors (Lipinski definition) is 5. The van der Waals surface area contributed by atoms with Crippen LogP contribution >= 0.6 is 11.6 Å². The summed E-state index contributed by atoms with van der Waals surface area (Å²) in [6.07, 6.45) is -1.19. The summed E-state index contributed by atoms with van der Waals surface area (Å²) in [7, 11) is 0.562. The minimum atomic E-state index is -3.77. The summed E-state index contributed by atoms with van der Waals surface area (Å²) in [6, 6.07) is 12.2. The number of nitrogens with one attached hydrogen (secondary N) is 1. The molecule has 0 saturated heterocycles. The molecule has 0 heterocycles. The van der Waals surface area contributed by atoms with Gasteiger partial charge < -0.3 is 9.64 Å². The second-order valence-corrected chi connectivity index (χ2v) is 8.07. The lowest BCUT2D eigenvalue weighted by atomic mass is 10.1. The lowest BCUT2D eigenvalue weighted by molar-refractivity contribution is -0.138. The highest BCUT2D eigenvalue weighted by Gasteiger charge is 2.28. The number of carbonyl (C=O) groups excluding carboxylic acids is 2. The number of hydrogen-bond donors (Lipinski definition) is 1. The van der Waals surface area contributed by atoms with Crippen molar-refractivity contribution in [3.63, 3.8) is 0 Å². The highest BCUT2D eigenvalue weighted by atomic mass is 35.5. The average Bonchev–Trinajstić information content (AvgIpc) is 2.66. The van der Waals surface area contributed by atoms with E-state index in [0.29, 0.717) is 5.56 Å². The maximum atomic E-state index is 12.7. The Kier molecular flexibility index (Phi) is 6.59. The quantitative estimate of drug-likeness (QED) is 0.737. The van der Waals surface area contributed by atoms with E-state index in [1.165, 1.54) is 24.1 Å². The van der Waals surface area contributed by atoms with Crippen LogP contribution in [0.1, 0.15) is 22.0 Å². The second kappa shape index (κ2) is 8.51. The molecule has 7 nitrogen and oxygen atoms in total. The van der Waals surface area contributed by atoms with Gasteiger partial charge in [-0.2, -0.15) is 0 Å². The summed E-state index contributed by atoms with van der Waals surface area (Å²) in [5, 5.41) is 0.0131. The summed E-state index contributed by atoms with van der Waals surface area (Å²) >= 11 is 6.04. The highest BCUT2D eigenvalue weighted by Crippen LogP contribution is 2.25. The third kappa shape index (κ3) is 4.85. The van der Waals surface area contributed by atoms with E-state index in [0.717, 1.165) is 6.07 Å². The van der Waals surface area contributed by atoms with Gasteiger partial charge in [-0.1, -0.05) is 41.9 Å². The van der Waals surface area contributed by atoms with Crippen molar-refractivity contribution in [2.75, 3.05) is 21.1 Å². The summed E-state index contributed by atoms with van der Waals surface area (Å²) in [5.41, 5.74) is 0.333. The van der Waals surface area contributed by atoms with Gasteiger partial charge in [-0.3, -0.25) is 4.79 Å². The van der Waals surface area contributed by atoms with E-state index in [-0.39, 0.29) is 15.5 Å². The molecule has 2 rings (SSSR count). The predicted octanol–water partition coefficient (Wildman–Crippen LogP) is 2.23. The van der Waals surface area contributed by atoms with Crippen molar-refractivity contribution < 1.29 is 22.7 Å². The number of carbonyl (C=O) groups is 2. The van der Waals surface area contributed by atoms with Gasteiger partial charge >= 0.3 is 5.97 Å².